The van der Waals surface area contributed by atoms with Crippen LogP contribution >= 0.6 is 0 Å². The Labute approximate surface area is 114 Å². The molecule has 2 atom stereocenters. The van der Waals surface area contributed by atoms with Gasteiger partial charge in [0.2, 0.25) is 5.91 Å². The minimum Gasteiger partial charge on any atom is -0.493 e. The molecule has 0 aliphatic carbocycles. The summed E-state index contributed by atoms with van der Waals surface area (Å²) in [6.07, 6.45) is 2.20. The third-order valence-corrected chi connectivity index (χ3v) is 3.60. The van der Waals surface area contributed by atoms with Crippen molar-refractivity contribution in [2.45, 2.75) is 45.2 Å². The predicted octanol–water partition coefficient (Wildman–Crippen LogP) is 2.45. The largest absolute Gasteiger partial charge is 0.493 e. The number of amides is 1. The Morgan fingerprint density at radius 3 is 3.00 bits per heavy atom. The van der Waals surface area contributed by atoms with Crippen molar-refractivity contribution in [3.05, 3.63) is 29.3 Å². The normalized spacial score (nSPS) is 19.2. The summed E-state index contributed by atoms with van der Waals surface area (Å²) in [5, 5.41) is 3.05. The molecular weight excluding hydrogens is 240 g/mol. The summed E-state index contributed by atoms with van der Waals surface area (Å²) in [4.78, 5) is 11.6. The standard InChI is InChI=1S/C15H22N2O2/c1-3-12(16)10-5-6-14-11(9-10)13(7-8-19-14)17-15(18)4-2/h5-6,9,12-13H,3-4,7-8,16H2,1-2H3,(H,17,18). The van der Waals surface area contributed by atoms with Gasteiger partial charge in [-0.05, 0) is 24.1 Å². The molecule has 0 saturated heterocycles. The average molecular weight is 262 g/mol. The highest BCUT2D eigenvalue weighted by atomic mass is 16.5. The van der Waals surface area contributed by atoms with Gasteiger partial charge >= 0.3 is 0 Å². The molecular formula is C15H22N2O2. The summed E-state index contributed by atoms with van der Waals surface area (Å²) < 4.78 is 5.65. The number of fused-ring (bicyclic) bond motifs is 1. The minimum atomic E-state index is 0.0368. The van der Waals surface area contributed by atoms with E-state index in [1.165, 1.54) is 0 Å². The lowest BCUT2D eigenvalue weighted by atomic mass is 9.95. The van der Waals surface area contributed by atoms with E-state index < -0.39 is 0 Å². The van der Waals surface area contributed by atoms with Gasteiger partial charge in [0, 0.05) is 24.4 Å². The van der Waals surface area contributed by atoms with Crippen LogP contribution in [-0.2, 0) is 4.79 Å². The highest BCUT2D eigenvalue weighted by molar-refractivity contribution is 5.76. The molecule has 1 aromatic rings. The molecule has 4 nitrogen and oxygen atoms in total. The number of ether oxygens (including phenoxy) is 1. The van der Waals surface area contributed by atoms with Crippen molar-refractivity contribution in [1.82, 2.24) is 5.32 Å². The zero-order chi connectivity index (χ0) is 13.8. The van der Waals surface area contributed by atoms with Crippen LogP contribution in [-0.4, -0.2) is 12.5 Å². The van der Waals surface area contributed by atoms with Crippen LogP contribution in [0, 0.1) is 0 Å². The zero-order valence-corrected chi connectivity index (χ0v) is 11.6. The van der Waals surface area contributed by atoms with Gasteiger partial charge in [-0.2, -0.15) is 0 Å². The molecule has 1 aromatic carbocycles. The number of benzene rings is 1. The van der Waals surface area contributed by atoms with Crippen molar-refractivity contribution >= 4 is 5.91 Å². The summed E-state index contributed by atoms with van der Waals surface area (Å²) >= 11 is 0. The van der Waals surface area contributed by atoms with Crippen LogP contribution in [0.2, 0.25) is 0 Å². The number of nitrogens with two attached hydrogens (primary N) is 1. The highest BCUT2D eigenvalue weighted by Gasteiger charge is 2.23. The van der Waals surface area contributed by atoms with E-state index in [1.54, 1.807) is 0 Å². The van der Waals surface area contributed by atoms with Gasteiger partial charge in [0.15, 0.2) is 0 Å². The Balaban J connectivity index is 2.27. The molecule has 0 saturated carbocycles. The second-order valence-electron chi connectivity index (χ2n) is 4.92. The summed E-state index contributed by atoms with van der Waals surface area (Å²) in [6, 6.07) is 6.13. The van der Waals surface area contributed by atoms with Crippen molar-refractivity contribution in [2.24, 2.45) is 5.73 Å². The van der Waals surface area contributed by atoms with E-state index in [-0.39, 0.29) is 18.0 Å². The third-order valence-electron chi connectivity index (χ3n) is 3.60. The zero-order valence-electron chi connectivity index (χ0n) is 11.6. The van der Waals surface area contributed by atoms with Crippen molar-refractivity contribution in [3.8, 4) is 5.75 Å². The van der Waals surface area contributed by atoms with E-state index in [4.69, 9.17) is 10.5 Å². The Hall–Kier alpha value is -1.55. The predicted molar refractivity (Wildman–Crippen MR) is 74.9 cm³/mol. The van der Waals surface area contributed by atoms with E-state index in [9.17, 15) is 4.79 Å². The number of carbonyl (C=O) groups excluding carboxylic acids is 1. The maximum absolute atomic E-state index is 11.6. The van der Waals surface area contributed by atoms with Crippen LogP contribution in [0.15, 0.2) is 18.2 Å². The minimum absolute atomic E-state index is 0.0368. The number of nitrogens with one attached hydrogen (secondary N) is 1. The first-order valence-electron chi connectivity index (χ1n) is 6.97. The average Bonchev–Trinajstić information content (AvgIpc) is 2.46. The second kappa shape index (κ2) is 6.06. The molecule has 19 heavy (non-hydrogen) atoms. The van der Waals surface area contributed by atoms with E-state index in [2.05, 4.69) is 18.3 Å². The molecule has 3 N–H and O–H groups in total. The molecule has 1 aliphatic heterocycles. The van der Waals surface area contributed by atoms with Crippen LogP contribution in [0.25, 0.3) is 0 Å². The molecule has 2 rings (SSSR count). The molecule has 104 valence electrons. The Morgan fingerprint density at radius 2 is 2.32 bits per heavy atom. The topological polar surface area (TPSA) is 64.3 Å². The summed E-state index contributed by atoms with van der Waals surface area (Å²) in [5.41, 5.74) is 8.22. The second-order valence-corrected chi connectivity index (χ2v) is 4.92. The summed E-state index contributed by atoms with van der Waals surface area (Å²) in [6.45, 7) is 4.57. The molecule has 1 heterocycles. The quantitative estimate of drug-likeness (QED) is 0.876. The molecule has 2 unspecified atom stereocenters. The van der Waals surface area contributed by atoms with Crippen LogP contribution < -0.4 is 15.8 Å². The third kappa shape index (κ3) is 3.07. The Bertz CT molecular complexity index is 459. The van der Waals surface area contributed by atoms with Crippen LogP contribution in [0.3, 0.4) is 0 Å². The lowest BCUT2D eigenvalue weighted by Gasteiger charge is -2.27. The number of rotatable bonds is 4. The molecule has 0 fully saturated rings. The first-order valence-corrected chi connectivity index (χ1v) is 6.97. The van der Waals surface area contributed by atoms with Crippen LogP contribution in [0.4, 0.5) is 0 Å². The first-order chi connectivity index (χ1) is 9.15. The van der Waals surface area contributed by atoms with Crippen molar-refractivity contribution < 1.29 is 9.53 Å². The van der Waals surface area contributed by atoms with Gasteiger partial charge in [-0.25, -0.2) is 0 Å². The van der Waals surface area contributed by atoms with E-state index in [0.29, 0.717) is 13.0 Å². The van der Waals surface area contributed by atoms with Gasteiger partial charge in [0.1, 0.15) is 5.75 Å². The smallest absolute Gasteiger partial charge is 0.220 e. The van der Waals surface area contributed by atoms with Gasteiger partial charge in [0.25, 0.3) is 0 Å². The van der Waals surface area contributed by atoms with E-state index >= 15 is 0 Å². The van der Waals surface area contributed by atoms with Crippen LogP contribution in [0.5, 0.6) is 5.75 Å². The molecule has 0 radical (unpaired) electrons. The number of hydrogen-bond acceptors (Lipinski definition) is 3. The maximum Gasteiger partial charge on any atom is 0.220 e. The van der Waals surface area contributed by atoms with E-state index in [0.717, 1.165) is 29.7 Å². The van der Waals surface area contributed by atoms with Crippen LogP contribution in [0.1, 0.15) is 56.3 Å². The fourth-order valence-corrected chi connectivity index (χ4v) is 2.33. The van der Waals surface area contributed by atoms with Gasteiger partial charge < -0.3 is 15.8 Å². The lowest BCUT2D eigenvalue weighted by Crippen LogP contribution is -2.31. The molecule has 1 aliphatic rings. The number of hydrogen-bond donors (Lipinski definition) is 2. The Kier molecular flexibility index (Phi) is 4.43. The molecule has 0 spiro atoms. The van der Waals surface area contributed by atoms with Gasteiger partial charge in [-0.1, -0.05) is 19.9 Å². The molecule has 0 aromatic heterocycles. The number of carbonyl (C=O) groups is 1. The van der Waals surface area contributed by atoms with E-state index in [1.807, 2.05) is 19.1 Å². The van der Waals surface area contributed by atoms with Gasteiger partial charge in [-0.3, -0.25) is 4.79 Å². The fraction of sp³-hybridized carbons (Fsp3) is 0.533. The van der Waals surface area contributed by atoms with Gasteiger partial charge in [-0.15, -0.1) is 0 Å². The SMILES string of the molecule is CCC(=O)NC1CCOc2ccc(C(N)CC)cc21. The van der Waals surface area contributed by atoms with Crippen molar-refractivity contribution in [1.29, 1.82) is 0 Å². The maximum atomic E-state index is 11.6. The summed E-state index contributed by atoms with van der Waals surface area (Å²) in [7, 11) is 0. The first kappa shape index (κ1) is 13.9. The van der Waals surface area contributed by atoms with Crippen molar-refractivity contribution in [3.63, 3.8) is 0 Å². The lowest BCUT2D eigenvalue weighted by molar-refractivity contribution is -0.121. The molecule has 1 amide bonds. The fourth-order valence-electron chi connectivity index (χ4n) is 2.33. The molecule has 4 heteroatoms. The highest BCUT2D eigenvalue weighted by Crippen LogP contribution is 2.34. The van der Waals surface area contributed by atoms with Crippen molar-refractivity contribution in [2.75, 3.05) is 6.61 Å². The monoisotopic (exact) mass is 262 g/mol. The Morgan fingerprint density at radius 1 is 1.53 bits per heavy atom. The molecule has 0 bridgehead atoms. The van der Waals surface area contributed by atoms with Gasteiger partial charge in [0.05, 0.1) is 12.6 Å². The summed E-state index contributed by atoms with van der Waals surface area (Å²) in [5.74, 6) is 0.933.